The first-order valence-electron chi connectivity index (χ1n) is 10.0. The number of imidazole rings is 1. The number of nitrogens with zero attached hydrogens (tertiary/aromatic N) is 4. The van der Waals surface area contributed by atoms with Crippen LogP contribution >= 0.6 is 0 Å². The molecule has 0 aliphatic heterocycles. The van der Waals surface area contributed by atoms with Crippen molar-refractivity contribution >= 4 is 23.0 Å². The number of nitrogens with one attached hydrogen (secondary N) is 2. The second kappa shape index (κ2) is 8.73. The minimum absolute atomic E-state index is 0.228. The summed E-state index contributed by atoms with van der Waals surface area (Å²) in [6, 6.07) is 15.8. The zero-order chi connectivity index (χ0) is 20.9. The van der Waals surface area contributed by atoms with Gasteiger partial charge >= 0.3 is 0 Å². The van der Waals surface area contributed by atoms with Crippen molar-refractivity contribution in [1.29, 1.82) is 0 Å². The Balaban J connectivity index is 1.41. The average molecular weight is 400 g/mol. The van der Waals surface area contributed by atoms with Gasteiger partial charge in [-0.15, -0.1) is 5.10 Å². The lowest BCUT2D eigenvalue weighted by Gasteiger charge is -2.13. The number of aromatic amines is 1. The molecule has 2 N–H and O–H groups in total. The van der Waals surface area contributed by atoms with Crippen molar-refractivity contribution in [2.24, 2.45) is 0 Å². The van der Waals surface area contributed by atoms with E-state index in [1.54, 1.807) is 10.9 Å². The summed E-state index contributed by atoms with van der Waals surface area (Å²) in [6.07, 6.45) is 6.35. The standard InChI is InChI=1S/C23H24N6O/c1-3-18(22-24-19-12-11-16(2)14-20(19)25-22)26-23(30)21-15-29(28-27-21)13-7-10-17-8-5-4-6-9-17/h4-12,14-15,18H,3,13H2,1-2H3,(H,24,25)(H,26,30)/b10-7+. The zero-order valence-corrected chi connectivity index (χ0v) is 17.0. The van der Waals surface area contributed by atoms with E-state index in [1.807, 2.05) is 68.5 Å². The molecule has 7 heteroatoms. The molecule has 1 atom stereocenters. The van der Waals surface area contributed by atoms with E-state index in [9.17, 15) is 4.79 Å². The highest BCUT2D eigenvalue weighted by molar-refractivity contribution is 5.92. The van der Waals surface area contributed by atoms with Gasteiger partial charge in [0.25, 0.3) is 5.91 Å². The molecule has 152 valence electrons. The highest BCUT2D eigenvalue weighted by atomic mass is 16.2. The third-order valence-electron chi connectivity index (χ3n) is 4.87. The van der Waals surface area contributed by atoms with Gasteiger partial charge in [0.2, 0.25) is 0 Å². The smallest absolute Gasteiger partial charge is 0.274 e. The van der Waals surface area contributed by atoms with Gasteiger partial charge in [-0.05, 0) is 36.6 Å². The maximum atomic E-state index is 12.7. The van der Waals surface area contributed by atoms with E-state index < -0.39 is 0 Å². The molecule has 4 aromatic rings. The quantitative estimate of drug-likeness (QED) is 0.490. The van der Waals surface area contributed by atoms with Crippen LogP contribution in [0.25, 0.3) is 17.1 Å². The molecule has 2 aromatic heterocycles. The highest BCUT2D eigenvalue weighted by Crippen LogP contribution is 2.19. The number of carbonyl (C=O) groups is 1. The van der Waals surface area contributed by atoms with Crippen molar-refractivity contribution in [3.63, 3.8) is 0 Å². The summed E-state index contributed by atoms with van der Waals surface area (Å²) in [6.45, 7) is 4.58. The van der Waals surface area contributed by atoms with Crippen LogP contribution in [0.3, 0.4) is 0 Å². The van der Waals surface area contributed by atoms with Gasteiger partial charge in [-0.2, -0.15) is 0 Å². The Morgan fingerprint density at radius 1 is 1.23 bits per heavy atom. The molecule has 0 saturated carbocycles. The van der Waals surface area contributed by atoms with Crippen molar-refractivity contribution in [1.82, 2.24) is 30.3 Å². The Morgan fingerprint density at radius 2 is 2.07 bits per heavy atom. The van der Waals surface area contributed by atoms with Gasteiger partial charge in [-0.1, -0.05) is 60.7 Å². The molecular weight excluding hydrogens is 376 g/mol. The summed E-state index contributed by atoms with van der Waals surface area (Å²) in [5, 5.41) is 11.1. The molecule has 0 saturated heterocycles. The molecule has 4 rings (SSSR count). The van der Waals surface area contributed by atoms with Gasteiger partial charge in [0.05, 0.1) is 29.8 Å². The maximum Gasteiger partial charge on any atom is 0.274 e. The van der Waals surface area contributed by atoms with Crippen molar-refractivity contribution in [2.75, 3.05) is 0 Å². The van der Waals surface area contributed by atoms with Crippen LogP contribution in [0.15, 0.2) is 60.8 Å². The van der Waals surface area contributed by atoms with Crippen molar-refractivity contribution in [2.45, 2.75) is 32.9 Å². The molecule has 2 heterocycles. The number of carbonyl (C=O) groups excluding carboxylic acids is 1. The van der Waals surface area contributed by atoms with E-state index in [0.29, 0.717) is 13.0 Å². The molecule has 1 unspecified atom stereocenters. The lowest BCUT2D eigenvalue weighted by atomic mass is 10.2. The van der Waals surface area contributed by atoms with Crippen LogP contribution < -0.4 is 5.32 Å². The van der Waals surface area contributed by atoms with Crippen LogP contribution in [0, 0.1) is 6.92 Å². The van der Waals surface area contributed by atoms with Crippen LogP contribution in [0.5, 0.6) is 0 Å². The monoisotopic (exact) mass is 400 g/mol. The van der Waals surface area contributed by atoms with Gasteiger partial charge < -0.3 is 10.3 Å². The zero-order valence-electron chi connectivity index (χ0n) is 17.0. The van der Waals surface area contributed by atoms with Crippen molar-refractivity contribution in [3.8, 4) is 0 Å². The molecule has 7 nitrogen and oxygen atoms in total. The lowest BCUT2D eigenvalue weighted by Crippen LogP contribution is -2.29. The molecular formula is C23H24N6O. The molecule has 0 aliphatic carbocycles. The van der Waals surface area contributed by atoms with Crippen LogP contribution in [0.2, 0.25) is 0 Å². The number of aromatic nitrogens is 5. The number of benzene rings is 2. The molecule has 0 aliphatic rings. The Bertz CT molecular complexity index is 1170. The van der Waals surface area contributed by atoms with E-state index in [0.717, 1.165) is 28.0 Å². The summed E-state index contributed by atoms with van der Waals surface area (Å²) in [7, 11) is 0. The Kier molecular flexibility index (Phi) is 5.70. The van der Waals surface area contributed by atoms with Crippen molar-refractivity contribution in [3.05, 3.63) is 83.4 Å². The fourth-order valence-electron chi connectivity index (χ4n) is 3.26. The molecule has 2 aromatic carbocycles. The third kappa shape index (κ3) is 4.46. The molecule has 1 amide bonds. The Labute approximate surface area is 174 Å². The second-order valence-corrected chi connectivity index (χ2v) is 7.22. The lowest BCUT2D eigenvalue weighted by molar-refractivity contribution is 0.0928. The SMILES string of the molecule is CCC(NC(=O)c1cn(C/C=C/c2ccccc2)nn1)c1nc2ccc(C)cc2[nH]1. The van der Waals surface area contributed by atoms with Gasteiger partial charge in [-0.3, -0.25) is 4.79 Å². The summed E-state index contributed by atoms with van der Waals surface area (Å²) in [5.74, 6) is 0.474. The Morgan fingerprint density at radius 3 is 2.87 bits per heavy atom. The number of aryl methyl sites for hydroxylation is 1. The number of fused-ring (bicyclic) bond motifs is 1. The van der Waals surface area contributed by atoms with Gasteiger partial charge in [0, 0.05) is 0 Å². The summed E-state index contributed by atoms with van der Waals surface area (Å²) >= 11 is 0. The van der Waals surface area contributed by atoms with Crippen molar-refractivity contribution < 1.29 is 4.79 Å². The number of hydrogen-bond donors (Lipinski definition) is 2. The first-order valence-corrected chi connectivity index (χ1v) is 10.0. The summed E-state index contributed by atoms with van der Waals surface area (Å²) < 4.78 is 1.64. The topological polar surface area (TPSA) is 88.5 Å². The minimum Gasteiger partial charge on any atom is -0.341 e. The second-order valence-electron chi connectivity index (χ2n) is 7.22. The van der Waals surface area contributed by atoms with Crippen LogP contribution in [0.4, 0.5) is 0 Å². The van der Waals surface area contributed by atoms with Gasteiger partial charge in [0.15, 0.2) is 5.69 Å². The van der Waals surface area contributed by atoms with Gasteiger partial charge in [0.1, 0.15) is 5.82 Å². The Hall–Kier alpha value is -3.74. The number of rotatable bonds is 7. The normalized spacial score (nSPS) is 12.5. The molecule has 0 spiro atoms. The summed E-state index contributed by atoms with van der Waals surface area (Å²) in [5.41, 5.74) is 4.41. The fraction of sp³-hybridized carbons (Fsp3) is 0.217. The number of allylic oxidation sites excluding steroid dienone is 1. The largest absolute Gasteiger partial charge is 0.341 e. The molecule has 0 radical (unpaired) electrons. The summed E-state index contributed by atoms with van der Waals surface area (Å²) in [4.78, 5) is 20.6. The van der Waals surface area contributed by atoms with Crippen LogP contribution in [-0.2, 0) is 6.54 Å². The van der Waals surface area contributed by atoms with Crippen LogP contribution in [-0.4, -0.2) is 30.9 Å². The number of hydrogen-bond acceptors (Lipinski definition) is 4. The molecule has 0 bridgehead atoms. The third-order valence-corrected chi connectivity index (χ3v) is 4.87. The van der Waals surface area contributed by atoms with E-state index in [-0.39, 0.29) is 17.6 Å². The van der Waals surface area contributed by atoms with Crippen LogP contribution in [0.1, 0.15) is 46.8 Å². The predicted molar refractivity (Wildman–Crippen MR) is 117 cm³/mol. The highest BCUT2D eigenvalue weighted by Gasteiger charge is 2.19. The average Bonchev–Trinajstić information content (AvgIpc) is 3.39. The number of H-pyrrole nitrogens is 1. The van der Waals surface area contributed by atoms with E-state index in [1.165, 1.54) is 0 Å². The van der Waals surface area contributed by atoms with E-state index >= 15 is 0 Å². The molecule has 30 heavy (non-hydrogen) atoms. The first-order chi connectivity index (χ1) is 14.6. The van der Waals surface area contributed by atoms with E-state index in [4.69, 9.17) is 0 Å². The predicted octanol–water partition coefficient (Wildman–Crippen LogP) is 4.06. The first kappa shape index (κ1) is 19.6. The van der Waals surface area contributed by atoms with E-state index in [2.05, 4.69) is 31.7 Å². The molecule has 0 fully saturated rings. The maximum absolute atomic E-state index is 12.7. The number of amides is 1. The van der Waals surface area contributed by atoms with Gasteiger partial charge in [-0.25, -0.2) is 9.67 Å². The fourth-order valence-corrected chi connectivity index (χ4v) is 3.26. The minimum atomic E-state index is -0.267.